The molecule has 0 radical (unpaired) electrons. The van der Waals surface area contributed by atoms with E-state index in [-0.39, 0.29) is 11.6 Å². The van der Waals surface area contributed by atoms with E-state index in [1.807, 2.05) is 38.2 Å². The number of hydrogen-bond donors (Lipinski definition) is 1. The molecule has 0 aliphatic carbocycles. The third-order valence-electron chi connectivity index (χ3n) is 7.09. The number of fused-ring (bicyclic) bond motifs is 2. The molecule has 4 heterocycles. The Labute approximate surface area is 215 Å². The topological polar surface area (TPSA) is 75.4 Å². The van der Waals surface area contributed by atoms with Crippen LogP contribution in [0.4, 0.5) is 11.5 Å². The van der Waals surface area contributed by atoms with Gasteiger partial charge in [0.05, 0.1) is 24.0 Å². The maximum atomic E-state index is 13.6. The van der Waals surface area contributed by atoms with Crippen molar-refractivity contribution < 1.29 is 0 Å². The van der Waals surface area contributed by atoms with E-state index in [4.69, 9.17) is 4.98 Å². The van der Waals surface area contributed by atoms with Gasteiger partial charge in [0.25, 0.3) is 5.56 Å². The molecular weight excluding hydrogens is 460 g/mol. The number of para-hydroxylation sites is 1. The number of anilines is 2. The van der Waals surface area contributed by atoms with Crippen LogP contribution in [0.1, 0.15) is 40.8 Å². The molecule has 0 spiro atoms. The van der Waals surface area contributed by atoms with Crippen LogP contribution in [0.15, 0.2) is 84.0 Å². The highest BCUT2D eigenvalue weighted by Crippen LogP contribution is 2.33. The van der Waals surface area contributed by atoms with Gasteiger partial charge in [-0.15, -0.1) is 0 Å². The molecule has 1 aliphatic rings. The summed E-state index contributed by atoms with van der Waals surface area (Å²) in [6.45, 7) is 7.50. The molecule has 0 saturated heterocycles. The molecule has 0 bridgehead atoms. The predicted octanol–water partition coefficient (Wildman–Crippen LogP) is 5.46. The zero-order valence-electron chi connectivity index (χ0n) is 21.1. The van der Waals surface area contributed by atoms with Crippen LogP contribution in [0.2, 0.25) is 0 Å². The van der Waals surface area contributed by atoms with Crippen molar-refractivity contribution in [3.8, 4) is 11.1 Å². The summed E-state index contributed by atoms with van der Waals surface area (Å²) in [5.74, 6) is 0.752. The first-order valence-corrected chi connectivity index (χ1v) is 12.5. The molecule has 1 atom stereocenters. The van der Waals surface area contributed by atoms with Gasteiger partial charge in [-0.25, -0.2) is 4.98 Å². The van der Waals surface area contributed by atoms with E-state index < -0.39 is 0 Å². The zero-order valence-corrected chi connectivity index (χ0v) is 21.1. The Balaban J connectivity index is 1.43. The van der Waals surface area contributed by atoms with Crippen LogP contribution in [0.25, 0.3) is 16.8 Å². The molecular formula is C30H28N6O. The summed E-state index contributed by atoms with van der Waals surface area (Å²) in [5.41, 5.74) is 8.86. The van der Waals surface area contributed by atoms with Crippen LogP contribution in [-0.2, 0) is 13.1 Å². The number of aromatic nitrogens is 4. The molecule has 1 N–H and O–H groups in total. The number of pyridine rings is 1. The lowest BCUT2D eigenvalue weighted by Gasteiger charge is -2.23. The molecule has 37 heavy (non-hydrogen) atoms. The summed E-state index contributed by atoms with van der Waals surface area (Å²) >= 11 is 0. The molecule has 1 aliphatic heterocycles. The van der Waals surface area contributed by atoms with Gasteiger partial charge in [0.1, 0.15) is 11.5 Å². The number of nitrogens with one attached hydrogen (secondary N) is 1. The standard InChI is InChI=1S/C30H28N6O/c1-19-14-26(21(3)33-27-11-7-6-10-25(27)22-12-13-31-32-15-22)29-34-28(20(2)30(37)36(29)16-19)35-17-23-8-4-5-9-24(23)18-35/h4-16,21,33H,17-18H2,1-3H3/t21-/m1/s1. The number of nitrogens with zero attached hydrogens (tertiary/aromatic N) is 5. The molecule has 0 fully saturated rings. The van der Waals surface area contributed by atoms with E-state index in [9.17, 15) is 4.79 Å². The highest BCUT2D eigenvalue weighted by atomic mass is 16.1. The molecule has 6 rings (SSSR count). The predicted molar refractivity (Wildman–Crippen MR) is 147 cm³/mol. The van der Waals surface area contributed by atoms with Crippen molar-refractivity contribution in [2.45, 2.75) is 39.9 Å². The second-order valence-corrected chi connectivity index (χ2v) is 9.70. The SMILES string of the molecule is Cc1cc([C@@H](C)Nc2ccccc2-c2ccnnc2)c2nc(N3Cc4ccccc4C3)c(C)c(=O)n2c1. The van der Waals surface area contributed by atoms with Crippen molar-refractivity contribution in [3.63, 3.8) is 0 Å². The van der Waals surface area contributed by atoms with Crippen molar-refractivity contribution in [1.82, 2.24) is 19.6 Å². The third kappa shape index (κ3) is 4.12. The first-order chi connectivity index (χ1) is 18.0. The average Bonchev–Trinajstić information content (AvgIpc) is 3.35. The minimum atomic E-state index is -0.107. The highest BCUT2D eigenvalue weighted by molar-refractivity contribution is 5.77. The first-order valence-electron chi connectivity index (χ1n) is 12.5. The van der Waals surface area contributed by atoms with Gasteiger partial charge in [-0.1, -0.05) is 42.5 Å². The minimum Gasteiger partial charge on any atom is -0.378 e. The van der Waals surface area contributed by atoms with E-state index in [1.165, 1.54) is 11.1 Å². The van der Waals surface area contributed by atoms with Gasteiger partial charge in [0.2, 0.25) is 0 Å². The molecule has 0 unspecified atom stereocenters. The van der Waals surface area contributed by atoms with E-state index >= 15 is 0 Å². The molecule has 2 aromatic carbocycles. The maximum absolute atomic E-state index is 13.6. The summed E-state index contributed by atoms with van der Waals surface area (Å²) in [7, 11) is 0. The Morgan fingerprint density at radius 1 is 0.946 bits per heavy atom. The highest BCUT2D eigenvalue weighted by Gasteiger charge is 2.24. The van der Waals surface area contributed by atoms with Gasteiger partial charge in [-0.3, -0.25) is 9.20 Å². The van der Waals surface area contributed by atoms with Crippen LogP contribution in [-0.4, -0.2) is 19.6 Å². The van der Waals surface area contributed by atoms with Gasteiger partial charge < -0.3 is 10.2 Å². The summed E-state index contributed by atoms with van der Waals surface area (Å²) in [5, 5.41) is 11.6. The lowest BCUT2D eigenvalue weighted by atomic mass is 10.0. The van der Waals surface area contributed by atoms with Crippen LogP contribution >= 0.6 is 0 Å². The lowest BCUT2D eigenvalue weighted by molar-refractivity contribution is 0.824. The van der Waals surface area contributed by atoms with Crippen molar-refractivity contribution in [1.29, 1.82) is 0 Å². The van der Waals surface area contributed by atoms with Gasteiger partial charge in [0, 0.05) is 41.7 Å². The first kappa shape index (κ1) is 22.9. The number of hydrogen-bond acceptors (Lipinski definition) is 6. The van der Waals surface area contributed by atoms with Crippen molar-refractivity contribution in [3.05, 3.63) is 117 Å². The van der Waals surface area contributed by atoms with Crippen molar-refractivity contribution >= 4 is 17.2 Å². The monoisotopic (exact) mass is 488 g/mol. The fourth-order valence-electron chi connectivity index (χ4n) is 5.22. The minimum absolute atomic E-state index is 0.0311. The third-order valence-corrected chi connectivity index (χ3v) is 7.09. The van der Waals surface area contributed by atoms with Gasteiger partial charge >= 0.3 is 0 Å². The van der Waals surface area contributed by atoms with Crippen molar-refractivity contribution in [2.24, 2.45) is 0 Å². The quantitative estimate of drug-likeness (QED) is 0.354. The second-order valence-electron chi connectivity index (χ2n) is 9.70. The summed E-state index contributed by atoms with van der Waals surface area (Å²) < 4.78 is 1.70. The molecule has 3 aromatic heterocycles. The smallest absolute Gasteiger partial charge is 0.262 e. The fourth-order valence-corrected chi connectivity index (χ4v) is 5.22. The average molecular weight is 489 g/mol. The van der Waals surface area contributed by atoms with E-state index in [2.05, 4.69) is 69.8 Å². The summed E-state index contributed by atoms with van der Waals surface area (Å²) in [6, 6.07) is 20.5. The van der Waals surface area contributed by atoms with Gasteiger partial charge in [-0.05, 0) is 55.7 Å². The summed E-state index contributed by atoms with van der Waals surface area (Å²) in [6.07, 6.45) is 5.34. The molecule has 7 nitrogen and oxygen atoms in total. The number of rotatable bonds is 5. The molecule has 0 amide bonds. The maximum Gasteiger partial charge on any atom is 0.262 e. The van der Waals surface area contributed by atoms with E-state index in [0.29, 0.717) is 11.2 Å². The van der Waals surface area contributed by atoms with Crippen LogP contribution < -0.4 is 15.8 Å². The van der Waals surface area contributed by atoms with Crippen LogP contribution in [0, 0.1) is 13.8 Å². The molecule has 184 valence electrons. The van der Waals surface area contributed by atoms with E-state index in [0.717, 1.165) is 46.8 Å². The van der Waals surface area contributed by atoms with Crippen LogP contribution in [0.3, 0.4) is 0 Å². The Morgan fingerprint density at radius 2 is 1.68 bits per heavy atom. The fraction of sp³-hybridized carbons (Fsp3) is 0.200. The Bertz CT molecular complexity index is 1650. The Kier molecular flexibility index (Phi) is 5.68. The van der Waals surface area contributed by atoms with Gasteiger partial charge in [0.15, 0.2) is 0 Å². The summed E-state index contributed by atoms with van der Waals surface area (Å²) in [4.78, 5) is 20.9. The second kappa shape index (κ2) is 9.17. The van der Waals surface area contributed by atoms with Crippen molar-refractivity contribution in [2.75, 3.05) is 10.2 Å². The Hall–Kier alpha value is -4.52. The number of aryl methyl sites for hydroxylation is 1. The molecule has 5 aromatic rings. The van der Waals surface area contributed by atoms with E-state index in [1.54, 1.807) is 16.8 Å². The zero-order chi connectivity index (χ0) is 25.5. The number of benzene rings is 2. The largest absolute Gasteiger partial charge is 0.378 e. The normalized spacial score (nSPS) is 13.5. The molecule has 0 saturated carbocycles. The Morgan fingerprint density at radius 3 is 2.41 bits per heavy atom. The van der Waals surface area contributed by atoms with Crippen LogP contribution in [0.5, 0.6) is 0 Å². The van der Waals surface area contributed by atoms with Gasteiger partial charge in [-0.2, -0.15) is 10.2 Å². The molecule has 7 heteroatoms. The lowest BCUT2D eigenvalue weighted by Crippen LogP contribution is -2.26.